The fourth-order valence-corrected chi connectivity index (χ4v) is 3.75. The second-order valence-electron chi connectivity index (χ2n) is 6.00. The zero-order chi connectivity index (χ0) is 15.4. The van der Waals surface area contributed by atoms with E-state index in [1.165, 1.54) is 11.1 Å². The van der Waals surface area contributed by atoms with Crippen LogP contribution in [0.3, 0.4) is 0 Å². The van der Waals surface area contributed by atoms with Crippen LogP contribution in [0.5, 0.6) is 0 Å². The fraction of sp³-hybridized carbons (Fsp3) is 0.278. The lowest BCUT2D eigenvalue weighted by atomic mass is 9.73. The quantitative estimate of drug-likeness (QED) is 0.807. The standard InChI is InChI=1S/C18H18N2O2/c1-10-7-15-17(16-12(10)8-13(16)18(19)21)11-5-3-4-6-14(11)20(15)9-22-2/h3-7,13H,8-9H2,1-2H3,(H2,19,21). The van der Waals surface area contributed by atoms with Gasteiger partial charge in [0.25, 0.3) is 0 Å². The van der Waals surface area contributed by atoms with Crippen molar-refractivity contribution in [1.82, 2.24) is 4.57 Å². The number of aromatic nitrogens is 1. The summed E-state index contributed by atoms with van der Waals surface area (Å²) in [7, 11) is 1.70. The van der Waals surface area contributed by atoms with Gasteiger partial charge < -0.3 is 15.0 Å². The molecule has 1 aromatic heterocycles. The zero-order valence-electron chi connectivity index (χ0n) is 12.7. The second kappa shape index (κ2) is 4.58. The molecule has 1 atom stereocenters. The topological polar surface area (TPSA) is 57.2 Å². The Morgan fingerprint density at radius 2 is 2.14 bits per heavy atom. The van der Waals surface area contributed by atoms with E-state index in [0.717, 1.165) is 33.8 Å². The van der Waals surface area contributed by atoms with Crippen LogP contribution in [0.4, 0.5) is 0 Å². The van der Waals surface area contributed by atoms with E-state index in [1.54, 1.807) is 7.11 Å². The molecule has 0 aliphatic heterocycles. The number of ether oxygens (including phenoxy) is 1. The van der Waals surface area contributed by atoms with Crippen molar-refractivity contribution >= 4 is 27.7 Å². The Balaban J connectivity index is 2.17. The summed E-state index contributed by atoms with van der Waals surface area (Å²) in [5, 5.41) is 2.32. The summed E-state index contributed by atoms with van der Waals surface area (Å²) in [4.78, 5) is 11.8. The smallest absolute Gasteiger partial charge is 0.225 e. The molecule has 22 heavy (non-hydrogen) atoms. The number of methoxy groups -OCH3 is 1. The Kier molecular flexibility index (Phi) is 2.78. The number of carbonyl (C=O) groups is 1. The number of para-hydroxylation sites is 1. The summed E-state index contributed by atoms with van der Waals surface area (Å²) in [5.74, 6) is -0.401. The molecule has 0 spiro atoms. The molecule has 1 amide bonds. The first-order chi connectivity index (χ1) is 10.6. The minimum Gasteiger partial charge on any atom is -0.369 e. The number of hydrogen-bond acceptors (Lipinski definition) is 2. The molecule has 0 bridgehead atoms. The van der Waals surface area contributed by atoms with Gasteiger partial charge in [-0.2, -0.15) is 0 Å². The lowest BCUT2D eigenvalue weighted by Gasteiger charge is -2.30. The minimum atomic E-state index is -0.233. The van der Waals surface area contributed by atoms with Crippen molar-refractivity contribution in [2.75, 3.05) is 7.11 Å². The maximum atomic E-state index is 11.8. The summed E-state index contributed by atoms with van der Waals surface area (Å²) in [6.07, 6.45) is 0.760. The molecule has 4 heteroatoms. The highest BCUT2D eigenvalue weighted by Crippen LogP contribution is 2.45. The van der Waals surface area contributed by atoms with Crippen LogP contribution in [0.2, 0.25) is 0 Å². The van der Waals surface area contributed by atoms with Crippen LogP contribution in [-0.2, 0) is 22.7 Å². The molecule has 3 aromatic rings. The Morgan fingerprint density at radius 3 is 2.86 bits per heavy atom. The van der Waals surface area contributed by atoms with Crippen molar-refractivity contribution < 1.29 is 9.53 Å². The van der Waals surface area contributed by atoms with Crippen LogP contribution in [0.15, 0.2) is 30.3 Å². The Morgan fingerprint density at radius 1 is 1.36 bits per heavy atom. The lowest BCUT2D eigenvalue weighted by Crippen LogP contribution is -2.31. The number of benzene rings is 2. The number of amides is 1. The van der Waals surface area contributed by atoms with E-state index in [4.69, 9.17) is 10.5 Å². The summed E-state index contributed by atoms with van der Waals surface area (Å²) >= 11 is 0. The number of nitrogens with zero attached hydrogens (tertiary/aromatic N) is 1. The molecule has 0 saturated heterocycles. The van der Waals surface area contributed by atoms with Crippen LogP contribution in [0.25, 0.3) is 21.8 Å². The Labute approximate surface area is 128 Å². The van der Waals surface area contributed by atoms with Gasteiger partial charge >= 0.3 is 0 Å². The largest absolute Gasteiger partial charge is 0.369 e. The molecule has 1 aliphatic rings. The maximum absolute atomic E-state index is 11.8. The van der Waals surface area contributed by atoms with E-state index in [-0.39, 0.29) is 11.8 Å². The number of hydrogen-bond donors (Lipinski definition) is 1. The van der Waals surface area contributed by atoms with Crippen molar-refractivity contribution in [1.29, 1.82) is 0 Å². The van der Waals surface area contributed by atoms with Gasteiger partial charge in [0.05, 0.1) is 17.0 Å². The highest BCUT2D eigenvalue weighted by Gasteiger charge is 2.35. The van der Waals surface area contributed by atoms with Gasteiger partial charge in [0.15, 0.2) is 0 Å². The molecular weight excluding hydrogens is 276 g/mol. The Hall–Kier alpha value is -2.33. The van der Waals surface area contributed by atoms with E-state index in [2.05, 4.69) is 29.7 Å². The third-order valence-electron chi connectivity index (χ3n) is 4.79. The maximum Gasteiger partial charge on any atom is 0.225 e. The van der Waals surface area contributed by atoms with E-state index < -0.39 is 0 Å². The van der Waals surface area contributed by atoms with Crippen LogP contribution < -0.4 is 5.73 Å². The molecule has 1 aliphatic carbocycles. The van der Waals surface area contributed by atoms with Crippen molar-refractivity contribution in [3.63, 3.8) is 0 Å². The molecule has 4 rings (SSSR count). The first-order valence-corrected chi connectivity index (χ1v) is 7.45. The fourth-order valence-electron chi connectivity index (χ4n) is 3.75. The number of fused-ring (bicyclic) bond motifs is 5. The average molecular weight is 294 g/mol. The van der Waals surface area contributed by atoms with E-state index in [9.17, 15) is 4.79 Å². The molecule has 2 aromatic carbocycles. The highest BCUT2D eigenvalue weighted by molar-refractivity contribution is 6.12. The zero-order valence-corrected chi connectivity index (χ0v) is 12.7. The number of nitrogens with two attached hydrogens (primary N) is 1. The van der Waals surface area contributed by atoms with Gasteiger partial charge in [-0.3, -0.25) is 4.79 Å². The second-order valence-corrected chi connectivity index (χ2v) is 6.00. The molecular formula is C18H18N2O2. The molecule has 112 valence electrons. The number of aryl methyl sites for hydroxylation is 1. The molecule has 2 N–H and O–H groups in total. The Bertz CT molecular complexity index is 924. The molecule has 4 nitrogen and oxygen atoms in total. The monoisotopic (exact) mass is 294 g/mol. The van der Waals surface area contributed by atoms with Crippen LogP contribution in [-0.4, -0.2) is 17.6 Å². The third kappa shape index (κ3) is 1.58. The van der Waals surface area contributed by atoms with Crippen LogP contribution in [0.1, 0.15) is 22.6 Å². The van der Waals surface area contributed by atoms with Crippen molar-refractivity contribution in [2.45, 2.75) is 26.0 Å². The van der Waals surface area contributed by atoms with Gasteiger partial charge in [-0.1, -0.05) is 18.2 Å². The molecule has 1 heterocycles. The lowest BCUT2D eigenvalue weighted by molar-refractivity contribution is -0.119. The summed E-state index contributed by atoms with van der Waals surface area (Å²) in [6, 6.07) is 10.5. The summed E-state index contributed by atoms with van der Waals surface area (Å²) in [6.45, 7) is 2.59. The normalized spacial score (nSPS) is 16.7. The van der Waals surface area contributed by atoms with Crippen molar-refractivity contribution in [3.8, 4) is 0 Å². The SMILES string of the molecule is COCn1c2ccccc2c2c3c(c(C)cc21)CC3C(N)=O. The average Bonchev–Trinajstić information content (AvgIpc) is 2.73. The van der Waals surface area contributed by atoms with Gasteiger partial charge in [-0.05, 0) is 42.2 Å². The van der Waals surface area contributed by atoms with Crippen LogP contribution in [0, 0.1) is 6.92 Å². The van der Waals surface area contributed by atoms with Gasteiger partial charge in [0.1, 0.15) is 6.73 Å². The van der Waals surface area contributed by atoms with E-state index in [0.29, 0.717) is 6.73 Å². The molecule has 0 fully saturated rings. The first-order valence-electron chi connectivity index (χ1n) is 7.45. The van der Waals surface area contributed by atoms with Crippen molar-refractivity contribution in [2.24, 2.45) is 5.73 Å². The van der Waals surface area contributed by atoms with Gasteiger partial charge in [0, 0.05) is 17.9 Å². The number of rotatable bonds is 3. The predicted octanol–water partition coefficient (Wildman–Crippen LogP) is 2.83. The highest BCUT2D eigenvalue weighted by atomic mass is 16.5. The summed E-state index contributed by atoms with van der Waals surface area (Å²) in [5.41, 5.74) is 11.5. The van der Waals surface area contributed by atoms with Gasteiger partial charge in [-0.15, -0.1) is 0 Å². The predicted molar refractivity (Wildman–Crippen MR) is 86.8 cm³/mol. The number of carbonyl (C=O) groups excluding carboxylic acids is 1. The molecule has 0 saturated carbocycles. The number of primary amides is 1. The first kappa shape index (κ1) is 13.3. The minimum absolute atomic E-state index is 0.167. The van der Waals surface area contributed by atoms with Gasteiger partial charge in [0.2, 0.25) is 5.91 Å². The van der Waals surface area contributed by atoms with E-state index in [1.807, 2.05) is 12.1 Å². The third-order valence-corrected chi connectivity index (χ3v) is 4.79. The van der Waals surface area contributed by atoms with Crippen molar-refractivity contribution in [3.05, 3.63) is 47.0 Å². The molecule has 1 unspecified atom stereocenters. The molecule has 0 radical (unpaired) electrons. The van der Waals surface area contributed by atoms with Gasteiger partial charge in [-0.25, -0.2) is 0 Å². The summed E-state index contributed by atoms with van der Waals surface area (Å²) < 4.78 is 7.54. The van der Waals surface area contributed by atoms with E-state index >= 15 is 0 Å². The van der Waals surface area contributed by atoms with Crippen LogP contribution >= 0.6 is 0 Å².